The number of anilines is 1. The number of hydrogen-bond acceptors (Lipinski definition) is 4. The summed E-state index contributed by atoms with van der Waals surface area (Å²) >= 11 is 0. The molecular formula is C25H23FN4O2. The topological polar surface area (TPSA) is 57.2 Å². The van der Waals surface area contributed by atoms with Crippen molar-refractivity contribution in [3.8, 4) is 11.5 Å². The number of nitrogens with zero attached hydrogens (tertiary/aromatic N) is 3. The third-order valence-corrected chi connectivity index (χ3v) is 5.60. The van der Waals surface area contributed by atoms with Crippen LogP contribution in [0.3, 0.4) is 0 Å². The van der Waals surface area contributed by atoms with Crippen molar-refractivity contribution in [2.75, 3.05) is 31.5 Å². The molecule has 162 valence electrons. The van der Waals surface area contributed by atoms with E-state index in [1.807, 2.05) is 48.5 Å². The van der Waals surface area contributed by atoms with Crippen LogP contribution in [-0.2, 0) is 0 Å². The highest BCUT2D eigenvalue weighted by molar-refractivity contribution is 6.03. The van der Waals surface area contributed by atoms with E-state index in [1.54, 1.807) is 17.0 Å². The van der Waals surface area contributed by atoms with Crippen LogP contribution in [0.15, 0.2) is 77.8 Å². The van der Waals surface area contributed by atoms with Crippen LogP contribution in [0.5, 0.6) is 11.5 Å². The van der Waals surface area contributed by atoms with Crippen LogP contribution < -0.4 is 10.1 Å². The number of para-hydroxylation sites is 3. The number of carbonyl (C=O) groups is 1. The Morgan fingerprint density at radius 1 is 0.906 bits per heavy atom. The van der Waals surface area contributed by atoms with Crippen LogP contribution in [0.4, 0.5) is 20.6 Å². The van der Waals surface area contributed by atoms with Gasteiger partial charge in [0.05, 0.1) is 5.56 Å². The second kappa shape index (κ2) is 8.70. The van der Waals surface area contributed by atoms with E-state index in [9.17, 15) is 9.18 Å². The van der Waals surface area contributed by atoms with Crippen molar-refractivity contribution in [2.45, 2.75) is 6.42 Å². The van der Waals surface area contributed by atoms with Gasteiger partial charge in [0.2, 0.25) is 0 Å². The maximum atomic E-state index is 13.4. The molecule has 0 bridgehead atoms. The highest BCUT2D eigenvalue weighted by Gasteiger charge is 2.26. The third kappa shape index (κ3) is 4.14. The van der Waals surface area contributed by atoms with E-state index >= 15 is 0 Å². The van der Waals surface area contributed by atoms with E-state index in [-0.39, 0.29) is 11.8 Å². The Morgan fingerprint density at radius 2 is 1.72 bits per heavy atom. The Balaban J connectivity index is 1.37. The summed E-state index contributed by atoms with van der Waals surface area (Å²) in [6.07, 6.45) is 0.792. The van der Waals surface area contributed by atoms with E-state index in [2.05, 4.69) is 10.2 Å². The lowest BCUT2D eigenvalue weighted by molar-refractivity contribution is 0.214. The smallest absolute Gasteiger partial charge is 0.321 e. The van der Waals surface area contributed by atoms with E-state index in [0.717, 1.165) is 41.6 Å². The molecule has 2 heterocycles. The zero-order chi connectivity index (χ0) is 21.9. The van der Waals surface area contributed by atoms with Crippen LogP contribution in [0.2, 0.25) is 0 Å². The molecule has 0 aromatic heterocycles. The lowest BCUT2D eigenvalue weighted by Crippen LogP contribution is -2.39. The van der Waals surface area contributed by atoms with Gasteiger partial charge in [-0.15, -0.1) is 0 Å². The van der Waals surface area contributed by atoms with Gasteiger partial charge in [0.1, 0.15) is 23.1 Å². The molecule has 3 aromatic carbocycles. The average Bonchev–Trinajstić information content (AvgIpc) is 3.14. The third-order valence-electron chi connectivity index (χ3n) is 5.60. The zero-order valence-corrected chi connectivity index (χ0v) is 17.5. The zero-order valence-electron chi connectivity index (χ0n) is 17.5. The molecule has 0 saturated carbocycles. The van der Waals surface area contributed by atoms with Gasteiger partial charge in [-0.1, -0.05) is 30.3 Å². The van der Waals surface area contributed by atoms with Crippen molar-refractivity contribution in [1.82, 2.24) is 9.80 Å². The number of aliphatic imine (C=N–C) groups is 1. The summed E-state index contributed by atoms with van der Waals surface area (Å²) in [5.41, 5.74) is 2.16. The Labute approximate surface area is 185 Å². The molecule has 1 N–H and O–H groups in total. The largest absolute Gasteiger partial charge is 0.454 e. The van der Waals surface area contributed by atoms with Crippen LogP contribution in [-0.4, -0.2) is 47.8 Å². The molecule has 0 aliphatic carbocycles. The molecule has 2 aliphatic heterocycles. The first-order chi connectivity index (χ1) is 15.7. The number of benzene rings is 3. The number of hydrogen-bond donors (Lipinski definition) is 1. The molecule has 1 saturated heterocycles. The number of halogens is 1. The molecule has 2 amide bonds. The van der Waals surface area contributed by atoms with Gasteiger partial charge in [-0.25, -0.2) is 14.2 Å². The Bertz CT molecular complexity index is 1180. The number of amides is 2. The van der Waals surface area contributed by atoms with Crippen LogP contribution >= 0.6 is 0 Å². The van der Waals surface area contributed by atoms with Crippen molar-refractivity contribution in [2.24, 2.45) is 4.99 Å². The van der Waals surface area contributed by atoms with Crippen molar-refractivity contribution in [3.63, 3.8) is 0 Å². The molecule has 0 atom stereocenters. The summed E-state index contributed by atoms with van der Waals surface area (Å²) in [6.45, 7) is 2.54. The van der Waals surface area contributed by atoms with E-state index < -0.39 is 0 Å². The van der Waals surface area contributed by atoms with E-state index in [0.29, 0.717) is 25.3 Å². The fourth-order valence-corrected chi connectivity index (χ4v) is 4.01. The minimum atomic E-state index is -0.377. The second-order valence-corrected chi connectivity index (χ2v) is 7.77. The number of amidine groups is 1. The van der Waals surface area contributed by atoms with Gasteiger partial charge in [-0.3, -0.25) is 0 Å². The quantitative estimate of drug-likeness (QED) is 0.574. The van der Waals surface area contributed by atoms with Crippen molar-refractivity contribution in [3.05, 3.63) is 84.2 Å². The summed E-state index contributed by atoms with van der Waals surface area (Å²) in [4.78, 5) is 21.7. The molecular weight excluding hydrogens is 407 g/mol. The van der Waals surface area contributed by atoms with Gasteiger partial charge in [-0.2, -0.15) is 0 Å². The molecule has 32 heavy (non-hydrogen) atoms. The van der Waals surface area contributed by atoms with Gasteiger partial charge in [-0.05, 0) is 48.9 Å². The van der Waals surface area contributed by atoms with Gasteiger partial charge in [0.15, 0.2) is 5.75 Å². The first-order valence-corrected chi connectivity index (χ1v) is 10.7. The number of carbonyl (C=O) groups excluding carboxylic acids is 1. The molecule has 5 rings (SSSR count). The summed E-state index contributed by atoms with van der Waals surface area (Å²) < 4.78 is 19.6. The number of rotatable bonds is 1. The molecule has 1 fully saturated rings. The predicted octanol–water partition coefficient (Wildman–Crippen LogP) is 5.25. The highest BCUT2D eigenvalue weighted by atomic mass is 19.1. The SMILES string of the molecule is O=C(Nc1cccc(F)c1)N1CCCN(C2=Nc3ccccc3Oc3ccccc32)CC1. The normalized spacial score (nSPS) is 15.5. The Kier molecular flexibility index (Phi) is 5.46. The van der Waals surface area contributed by atoms with Crippen molar-refractivity contribution < 1.29 is 13.9 Å². The van der Waals surface area contributed by atoms with Gasteiger partial charge in [0, 0.05) is 31.9 Å². The van der Waals surface area contributed by atoms with Crippen molar-refractivity contribution in [1.29, 1.82) is 0 Å². The molecule has 2 aliphatic rings. The second-order valence-electron chi connectivity index (χ2n) is 7.77. The fourth-order valence-electron chi connectivity index (χ4n) is 4.01. The summed E-state index contributed by atoms with van der Waals surface area (Å²) in [7, 11) is 0. The maximum Gasteiger partial charge on any atom is 0.321 e. The first-order valence-electron chi connectivity index (χ1n) is 10.7. The minimum absolute atomic E-state index is 0.227. The molecule has 0 radical (unpaired) electrons. The Morgan fingerprint density at radius 3 is 2.59 bits per heavy atom. The standard InChI is InChI=1S/C25H23FN4O2/c26-18-7-5-8-19(17-18)27-25(31)30-14-6-13-29(15-16-30)24-20-9-1-3-11-22(20)32-23-12-4-2-10-21(23)28-24/h1-5,7-12,17H,6,13-16H2,(H,27,31). The first kappa shape index (κ1) is 20.1. The lowest BCUT2D eigenvalue weighted by atomic mass is 10.1. The van der Waals surface area contributed by atoms with E-state index in [4.69, 9.17) is 9.73 Å². The molecule has 7 heteroatoms. The maximum absolute atomic E-state index is 13.4. The number of ether oxygens (including phenoxy) is 1. The fraction of sp³-hybridized carbons (Fsp3) is 0.200. The predicted molar refractivity (Wildman–Crippen MR) is 122 cm³/mol. The van der Waals surface area contributed by atoms with Gasteiger partial charge < -0.3 is 19.9 Å². The highest BCUT2D eigenvalue weighted by Crippen LogP contribution is 2.37. The van der Waals surface area contributed by atoms with E-state index in [1.165, 1.54) is 12.1 Å². The average molecular weight is 430 g/mol. The molecule has 6 nitrogen and oxygen atoms in total. The summed E-state index contributed by atoms with van der Waals surface area (Å²) in [6, 6.07) is 21.3. The Hall–Kier alpha value is -3.87. The summed E-state index contributed by atoms with van der Waals surface area (Å²) in [5, 5.41) is 2.79. The van der Waals surface area contributed by atoms with Crippen LogP contribution in [0.25, 0.3) is 0 Å². The van der Waals surface area contributed by atoms with Gasteiger partial charge >= 0.3 is 6.03 Å². The molecule has 0 spiro atoms. The molecule has 3 aromatic rings. The number of nitrogens with one attached hydrogen (secondary N) is 1. The van der Waals surface area contributed by atoms with Crippen molar-refractivity contribution >= 4 is 23.2 Å². The van der Waals surface area contributed by atoms with Gasteiger partial charge in [0.25, 0.3) is 0 Å². The summed E-state index contributed by atoms with van der Waals surface area (Å²) in [5.74, 6) is 1.96. The monoisotopic (exact) mass is 430 g/mol. The number of fused-ring (bicyclic) bond motifs is 2. The molecule has 0 unspecified atom stereocenters. The lowest BCUT2D eigenvalue weighted by Gasteiger charge is -2.25. The van der Waals surface area contributed by atoms with Crippen LogP contribution in [0.1, 0.15) is 12.0 Å². The van der Waals surface area contributed by atoms with Crippen LogP contribution in [0, 0.1) is 5.82 Å². The number of urea groups is 1. The minimum Gasteiger partial charge on any atom is -0.454 e.